The van der Waals surface area contributed by atoms with E-state index in [1.165, 1.54) is 44.1 Å². The summed E-state index contributed by atoms with van der Waals surface area (Å²) in [7, 11) is 0. The molecule has 1 aliphatic carbocycles. The molecule has 0 amide bonds. The molecule has 0 aliphatic heterocycles. The second-order valence-electron chi connectivity index (χ2n) is 7.67. The molecule has 0 saturated heterocycles. The molecule has 1 rings (SSSR count). The van der Waals surface area contributed by atoms with Crippen LogP contribution in [0.15, 0.2) is 23.3 Å². The first-order valence-corrected chi connectivity index (χ1v) is 8.72. The average Bonchev–Trinajstić information content (AvgIpc) is 2.37. The molecule has 0 aromatic heterocycles. The van der Waals surface area contributed by atoms with Crippen LogP contribution < -0.4 is 0 Å². The number of allylic oxidation sites excluding steroid dienone is 4. The number of hydrogen-bond acceptors (Lipinski definition) is 0. The monoisotopic (exact) mass is 276 g/mol. The summed E-state index contributed by atoms with van der Waals surface area (Å²) in [4.78, 5) is 0. The SMILES string of the molecule is CC(C)=CCC1=CC[C@H](C)CC[C@H](C(C)C)CC[C@H]1C. The van der Waals surface area contributed by atoms with E-state index in [1.807, 2.05) is 0 Å². The van der Waals surface area contributed by atoms with Gasteiger partial charge in [-0.25, -0.2) is 0 Å². The van der Waals surface area contributed by atoms with Crippen molar-refractivity contribution >= 4 is 0 Å². The van der Waals surface area contributed by atoms with Crippen LogP contribution in [0.25, 0.3) is 0 Å². The highest BCUT2D eigenvalue weighted by Crippen LogP contribution is 2.32. The summed E-state index contributed by atoms with van der Waals surface area (Å²) >= 11 is 0. The maximum atomic E-state index is 2.56. The van der Waals surface area contributed by atoms with Crippen LogP contribution in [0.2, 0.25) is 0 Å². The Balaban J connectivity index is 2.77. The molecule has 0 nitrogen and oxygen atoms in total. The lowest BCUT2D eigenvalue weighted by molar-refractivity contribution is 0.287. The third-order valence-electron chi connectivity index (χ3n) is 5.10. The van der Waals surface area contributed by atoms with Crippen LogP contribution in [-0.4, -0.2) is 0 Å². The summed E-state index contributed by atoms with van der Waals surface area (Å²) in [6.07, 6.45) is 13.0. The fourth-order valence-electron chi connectivity index (χ4n) is 3.24. The minimum Gasteiger partial charge on any atom is -0.0845 e. The molecule has 3 atom stereocenters. The molecule has 0 spiro atoms. The van der Waals surface area contributed by atoms with Crippen molar-refractivity contribution in [3.63, 3.8) is 0 Å². The fourth-order valence-corrected chi connectivity index (χ4v) is 3.24. The molecule has 0 heteroatoms. The van der Waals surface area contributed by atoms with Gasteiger partial charge >= 0.3 is 0 Å². The van der Waals surface area contributed by atoms with Gasteiger partial charge in [0.15, 0.2) is 0 Å². The lowest BCUT2D eigenvalue weighted by Crippen LogP contribution is -2.14. The van der Waals surface area contributed by atoms with E-state index in [9.17, 15) is 0 Å². The van der Waals surface area contributed by atoms with Crippen molar-refractivity contribution in [1.29, 1.82) is 0 Å². The highest BCUT2D eigenvalue weighted by molar-refractivity contribution is 5.13. The number of rotatable bonds is 3. The Bertz CT molecular complexity index is 328. The second kappa shape index (κ2) is 8.70. The van der Waals surface area contributed by atoms with E-state index in [1.54, 1.807) is 5.57 Å². The van der Waals surface area contributed by atoms with E-state index in [2.05, 4.69) is 53.7 Å². The summed E-state index contributed by atoms with van der Waals surface area (Å²) in [6, 6.07) is 0. The minimum atomic E-state index is 0.761. The van der Waals surface area contributed by atoms with Crippen molar-refractivity contribution < 1.29 is 0 Å². The van der Waals surface area contributed by atoms with E-state index < -0.39 is 0 Å². The maximum Gasteiger partial charge on any atom is -0.0134 e. The van der Waals surface area contributed by atoms with Gasteiger partial charge < -0.3 is 0 Å². The van der Waals surface area contributed by atoms with Crippen LogP contribution in [0.4, 0.5) is 0 Å². The smallest absolute Gasteiger partial charge is 0.0134 e. The molecule has 0 heterocycles. The lowest BCUT2D eigenvalue weighted by atomic mass is 9.79. The zero-order valence-corrected chi connectivity index (χ0v) is 14.7. The second-order valence-corrected chi connectivity index (χ2v) is 7.67. The van der Waals surface area contributed by atoms with E-state index in [4.69, 9.17) is 0 Å². The van der Waals surface area contributed by atoms with Gasteiger partial charge in [0, 0.05) is 0 Å². The fraction of sp³-hybridized carbons (Fsp3) is 0.800. The van der Waals surface area contributed by atoms with E-state index >= 15 is 0 Å². The molecule has 0 aromatic carbocycles. The lowest BCUT2D eigenvalue weighted by Gasteiger charge is -2.26. The summed E-state index contributed by atoms with van der Waals surface area (Å²) in [5.41, 5.74) is 3.13. The molecule has 0 N–H and O–H groups in total. The first kappa shape index (κ1) is 17.5. The Hall–Kier alpha value is -0.520. The molecule has 0 radical (unpaired) electrons. The van der Waals surface area contributed by atoms with Gasteiger partial charge in [-0.1, -0.05) is 57.4 Å². The molecule has 0 aromatic rings. The third-order valence-corrected chi connectivity index (χ3v) is 5.10. The Morgan fingerprint density at radius 1 is 1.15 bits per heavy atom. The highest BCUT2D eigenvalue weighted by atomic mass is 14.2. The largest absolute Gasteiger partial charge is 0.0845 e. The predicted octanol–water partition coefficient (Wildman–Crippen LogP) is 6.78. The van der Waals surface area contributed by atoms with Crippen molar-refractivity contribution in [3.05, 3.63) is 23.3 Å². The predicted molar refractivity (Wildman–Crippen MR) is 91.9 cm³/mol. The molecule has 116 valence electrons. The summed E-state index contributed by atoms with van der Waals surface area (Å²) < 4.78 is 0. The van der Waals surface area contributed by atoms with Crippen LogP contribution in [0.5, 0.6) is 0 Å². The zero-order chi connectivity index (χ0) is 15.1. The quantitative estimate of drug-likeness (QED) is 0.498. The Labute approximate surface area is 127 Å². The molecule has 0 bridgehead atoms. The zero-order valence-electron chi connectivity index (χ0n) is 14.7. The van der Waals surface area contributed by atoms with Gasteiger partial charge in [0.25, 0.3) is 0 Å². The van der Waals surface area contributed by atoms with Gasteiger partial charge in [0.1, 0.15) is 0 Å². The van der Waals surface area contributed by atoms with E-state index in [0.29, 0.717) is 0 Å². The van der Waals surface area contributed by atoms with Crippen molar-refractivity contribution in [2.75, 3.05) is 0 Å². The maximum absolute atomic E-state index is 2.56. The molecule has 0 fully saturated rings. The van der Waals surface area contributed by atoms with Gasteiger partial charge in [0.05, 0.1) is 0 Å². The summed E-state index contributed by atoms with van der Waals surface area (Å²) in [5.74, 6) is 3.39. The van der Waals surface area contributed by atoms with Crippen molar-refractivity contribution in [2.24, 2.45) is 23.7 Å². The van der Waals surface area contributed by atoms with Crippen molar-refractivity contribution in [3.8, 4) is 0 Å². The molecule has 0 unspecified atom stereocenters. The van der Waals surface area contributed by atoms with Crippen LogP contribution in [-0.2, 0) is 0 Å². The Morgan fingerprint density at radius 3 is 2.40 bits per heavy atom. The summed E-state index contributed by atoms with van der Waals surface area (Å²) in [5, 5.41) is 0. The summed E-state index contributed by atoms with van der Waals surface area (Å²) in [6.45, 7) is 14.1. The van der Waals surface area contributed by atoms with E-state index in [-0.39, 0.29) is 0 Å². The van der Waals surface area contributed by atoms with Crippen LogP contribution >= 0.6 is 0 Å². The van der Waals surface area contributed by atoms with Gasteiger partial charge in [-0.15, -0.1) is 0 Å². The minimum absolute atomic E-state index is 0.761. The van der Waals surface area contributed by atoms with E-state index in [0.717, 1.165) is 23.7 Å². The first-order valence-electron chi connectivity index (χ1n) is 8.72. The van der Waals surface area contributed by atoms with Crippen LogP contribution in [0, 0.1) is 23.7 Å². The number of hydrogen-bond donors (Lipinski definition) is 0. The van der Waals surface area contributed by atoms with Gasteiger partial charge in [0.2, 0.25) is 0 Å². The van der Waals surface area contributed by atoms with Crippen LogP contribution in [0.3, 0.4) is 0 Å². The average molecular weight is 277 g/mol. The topological polar surface area (TPSA) is 0 Å². The first-order chi connectivity index (χ1) is 9.40. The third kappa shape index (κ3) is 6.29. The molecule has 1 aliphatic rings. The van der Waals surface area contributed by atoms with Crippen molar-refractivity contribution in [1.82, 2.24) is 0 Å². The van der Waals surface area contributed by atoms with Crippen molar-refractivity contribution in [2.45, 2.75) is 80.1 Å². The Kier molecular flexibility index (Phi) is 7.62. The molecule has 0 saturated carbocycles. The van der Waals surface area contributed by atoms with Crippen LogP contribution in [0.1, 0.15) is 80.1 Å². The normalized spacial score (nSPS) is 28.9. The van der Waals surface area contributed by atoms with Gasteiger partial charge in [-0.2, -0.15) is 0 Å². The molecular weight excluding hydrogens is 240 g/mol. The van der Waals surface area contributed by atoms with Gasteiger partial charge in [-0.05, 0) is 69.6 Å². The molecular formula is C20H36. The van der Waals surface area contributed by atoms with Gasteiger partial charge in [-0.3, -0.25) is 0 Å². The Morgan fingerprint density at radius 2 is 1.80 bits per heavy atom. The molecule has 20 heavy (non-hydrogen) atoms. The highest BCUT2D eigenvalue weighted by Gasteiger charge is 2.19. The standard InChI is InChI=1S/C20H36/c1-15(2)7-11-20-13-9-17(5)8-12-19(16(3)4)14-10-18(20)6/h7,13,16-19H,8-12,14H2,1-6H3/t17-,18-,19+/m1/s1.